The van der Waals surface area contributed by atoms with Crippen molar-refractivity contribution in [1.29, 1.82) is 0 Å². The molecule has 1 unspecified atom stereocenters. The van der Waals surface area contributed by atoms with Crippen molar-refractivity contribution in [3.05, 3.63) is 23.3 Å². The van der Waals surface area contributed by atoms with Crippen LogP contribution in [0.2, 0.25) is 0 Å². The normalized spacial score (nSPS) is 21.2. The predicted molar refractivity (Wildman–Crippen MR) is 49.6 cm³/mol. The third-order valence-electron chi connectivity index (χ3n) is 2.60. The zero-order valence-electron chi connectivity index (χ0n) is 7.33. The highest BCUT2D eigenvalue weighted by atomic mass is 16.3. The number of nitrogens with two attached hydrogens (primary N) is 1. The Balaban J connectivity index is 2.52. The fourth-order valence-electron chi connectivity index (χ4n) is 1.87. The minimum Gasteiger partial charge on any atom is -0.504 e. The second-order valence-corrected chi connectivity index (χ2v) is 3.54. The minimum absolute atomic E-state index is 0.00949. The van der Waals surface area contributed by atoms with Gasteiger partial charge in [-0.1, -0.05) is 0 Å². The van der Waals surface area contributed by atoms with Gasteiger partial charge in [-0.15, -0.1) is 0 Å². The summed E-state index contributed by atoms with van der Waals surface area (Å²) in [5.74, 6) is -0.121. The van der Waals surface area contributed by atoms with Gasteiger partial charge in [-0.05, 0) is 42.5 Å². The lowest BCUT2D eigenvalue weighted by Crippen LogP contribution is -2.17. The Morgan fingerprint density at radius 3 is 2.69 bits per heavy atom. The van der Waals surface area contributed by atoms with Crippen LogP contribution in [0.4, 0.5) is 0 Å². The summed E-state index contributed by atoms with van der Waals surface area (Å²) >= 11 is 0. The number of phenolic OH excluding ortho intramolecular Hbond substituents is 2. The van der Waals surface area contributed by atoms with Gasteiger partial charge < -0.3 is 15.9 Å². The quantitative estimate of drug-likeness (QED) is 0.528. The van der Waals surface area contributed by atoms with Gasteiger partial charge in [-0.25, -0.2) is 0 Å². The number of aryl methyl sites for hydroxylation is 1. The number of fused-ring (bicyclic) bond motifs is 1. The summed E-state index contributed by atoms with van der Waals surface area (Å²) in [5, 5.41) is 18.6. The van der Waals surface area contributed by atoms with Crippen LogP contribution in [0.3, 0.4) is 0 Å². The van der Waals surface area contributed by atoms with Crippen molar-refractivity contribution in [3.63, 3.8) is 0 Å². The van der Waals surface area contributed by atoms with Gasteiger partial charge >= 0.3 is 0 Å². The molecular weight excluding hydrogens is 166 g/mol. The van der Waals surface area contributed by atoms with Gasteiger partial charge in [0.05, 0.1) is 0 Å². The number of phenols is 2. The van der Waals surface area contributed by atoms with E-state index in [1.165, 1.54) is 0 Å². The molecule has 0 radical (unpaired) electrons. The Hall–Kier alpha value is -1.22. The zero-order valence-corrected chi connectivity index (χ0v) is 7.33. The average molecular weight is 179 g/mol. The van der Waals surface area contributed by atoms with E-state index in [0.29, 0.717) is 0 Å². The van der Waals surface area contributed by atoms with E-state index in [-0.39, 0.29) is 17.5 Å². The summed E-state index contributed by atoms with van der Waals surface area (Å²) in [6.45, 7) is 0. The molecular formula is C10H13NO2. The van der Waals surface area contributed by atoms with Crippen molar-refractivity contribution in [2.24, 2.45) is 5.73 Å². The van der Waals surface area contributed by atoms with Gasteiger partial charge in [0.1, 0.15) is 0 Å². The van der Waals surface area contributed by atoms with Crippen molar-refractivity contribution >= 4 is 0 Å². The molecule has 0 bridgehead atoms. The molecule has 2 rings (SSSR count). The highest BCUT2D eigenvalue weighted by Crippen LogP contribution is 2.35. The molecule has 1 aliphatic rings. The van der Waals surface area contributed by atoms with Crippen LogP contribution in [0, 0.1) is 0 Å². The molecule has 1 aromatic carbocycles. The molecule has 70 valence electrons. The zero-order chi connectivity index (χ0) is 9.42. The first-order valence-corrected chi connectivity index (χ1v) is 4.49. The first-order chi connectivity index (χ1) is 6.18. The molecule has 0 fully saturated rings. The first kappa shape index (κ1) is 8.38. The maximum atomic E-state index is 9.29. The smallest absolute Gasteiger partial charge is 0.157 e. The van der Waals surface area contributed by atoms with E-state index >= 15 is 0 Å². The second-order valence-electron chi connectivity index (χ2n) is 3.54. The van der Waals surface area contributed by atoms with Gasteiger partial charge in [0, 0.05) is 6.04 Å². The van der Waals surface area contributed by atoms with Crippen LogP contribution in [0.25, 0.3) is 0 Å². The van der Waals surface area contributed by atoms with E-state index in [9.17, 15) is 10.2 Å². The number of hydrogen-bond acceptors (Lipinski definition) is 3. The van der Waals surface area contributed by atoms with Crippen molar-refractivity contribution in [2.75, 3.05) is 0 Å². The Bertz CT molecular complexity index is 336. The molecule has 1 aromatic rings. The van der Waals surface area contributed by atoms with Crippen LogP contribution >= 0.6 is 0 Å². The molecule has 0 aliphatic heterocycles. The number of rotatable bonds is 0. The SMILES string of the molecule is NC1CCCc2cc(O)c(O)cc21. The molecule has 0 aromatic heterocycles. The molecule has 0 spiro atoms. The van der Waals surface area contributed by atoms with Crippen LogP contribution in [0.1, 0.15) is 30.0 Å². The number of hydrogen-bond donors (Lipinski definition) is 3. The Morgan fingerprint density at radius 2 is 1.92 bits per heavy atom. The molecule has 13 heavy (non-hydrogen) atoms. The first-order valence-electron chi connectivity index (χ1n) is 4.49. The lowest BCUT2D eigenvalue weighted by molar-refractivity contribution is 0.400. The topological polar surface area (TPSA) is 66.5 Å². The molecule has 0 saturated heterocycles. The largest absolute Gasteiger partial charge is 0.504 e. The van der Waals surface area contributed by atoms with Crippen molar-refractivity contribution < 1.29 is 10.2 Å². The molecule has 0 heterocycles. The molecule has 3 nitrogen and oxygen atoms in total. The maximum absolute atomic E-state index is 9.29. The summed E-state index contributed by atoms with van der Waals surface area (Å²) in [5.41, 5.74) is 7.91. The molecule has 0 saturated carbocycles. The van der Waals surface area contributed by atoms with Crippen molar-refractivity contribution in [3.8, 4) is 11.5 Å². The fraction of sp³-hybridized carbons (Fsp3) is 0.400. The summed E-state index contributed by atoms with van der Waals surface area (Å²) in [7, 11) is 0. The van der Waals surface area contributed by atoms with Crippen LogP contribution in [0.15, 0.2) is 12.1 Å². The maximum Gasteiger partial charge on any atom is 0.157 e. The monoisotopic (exact) mass is 179 g/mol. The molecule has 4 N–H and O–H groups in total. The van der Waals surface area contributed by atoms with Gasteiger partial charge in [0.15, 0.2) is 11.5 Å². The third kappa shape index (κ3) is 1.35. The highest BCUT2D eigenvalue weighted by Gasteiger charge is 2.18. The highest BCUT2D eigenvalue weighted by molar-refractivity contribution is 5.47. The standard InChI is InChI=1S/C10H13NO2/c11-8-3-1-2-6-4-9(12)10(13)5-7(6)8/h4-5,8,12-13H,1-3,11H2. The van der Waals surface area contributed by atoms with E-state index in [0.717, 1.165) is 30.4 Å². The van der Waals surface area contributed by atoms with E-state index < -0.39 is 0 Å². The van der Waals surface area contributed by atoms with Gasteiger partial charge in [-0.3, -0.25) is 0 Å². The molecule has 1 atom stereocenters. The summed E-state index contributed by atoms with van der Waals surface area (Å²) in [6, 6.07) is 3.20. The molecule has 1 aliphatic carbocycles. The summed E-state index contributed by atoms with van der Waals surface area (Å²) < 4.78 is 0. The lowest BCUT2D eigenvalue weighted by atomic mass is 9.88. The number of aromatic hydroxyl groups is 2. The average Bonchev–Trinajstić information content (AvgIpc) is 2.09. The summed E-state index contributed by atoms with van der Waals surface area (Å²) in [4.78, 5) is 0. The van der Waals surface area contributed by atoms with E-state index in [1.807, 2.05) is 0 Å². The third-order valence-corrected chi connectivity index (χ3v) is 2.60. The van der Waals surface area contributed by atoms with Crippen LogP contribution in [-0.4, -0.2) is 10.2 Å². The fourth-order valence-corrected chi connectivity index (χ4v) is 1.87. The Morgan fingerprint density at radius 1 is 1.23 bits per heavy atom. The van der Waals surface area contributed by atoms with E-state index in [2.05, 4.69) is 0 Å². The van der Waals surface area contributed by atoms with E-state index in [4.69, 9.17) is 5.73 Å². The minimum atomic E-state index is -0.0731. The van der Waals surface area contributed by atoms with Gasteiger partial charge in [-0.2, -0.15) is 0 Å². The van der Waals surface area contributed by atoms with Gasteiger partial charge in [0.2, 0.25) is 0 Å². The predicted octanol–water partition coefficient (Wildman–Crippen LogP) is 1.43. The molecule has 0 amide bonds. The van der Waals surface area contributed by atoms with Gasteiger partial charge in [0.25, 0.3) is 0 Å². The van der Waals surface area contributed by atoms with Crippen molar-refractivity contribution in [1.82, 2.24) is 0 Å². The van der Waals surface area contributed by atoms with Crippen LogP contribution < -0.4 is 5.73 Å². The number of benzene rings is 1. The Kier molecular flexibility index (Phi) is 1.88. The van der Waals surface area contributed by atoms with Crippen LogP contribution in [0.5, 0.6) is 11.5 Å². The summed E-state index contributed by atoms with van der Waals surface area (Å²) in [6.07, 6.45) is 2.95. The van der Waals surface area contributed by atoms with E-state index in [1.54, 1.807) is 12.1 Å². The lowest BCUT2D eigenvalue weighted by Gasteiger charge is -2.22. The second kappa shape index (κ2) is 2.92. The van der Waals surface area contributed by atoms with Crippen molar-refractivity contribution in [2.45, 2.75) is 25.3 Å². The molecule has 3 heteroatoms. The Labute approximate surface area is 76.8 Å². The van der Waals surface area contributed by atoms with Crippen LogP contribution in [-0.2, 0) is 6.42 Å².